The van der Waals surface area contributed by atoms with Crippen molar-refractivity contribution in [2.45, 2.75) is 51.6 Å². The van der Waals surface area contributed by atoms with E-state index in [1.165, 1.54) is 0 Å². The van der Waals surface area contributed by atoms with Gasteiger partial charge in [-0.3, -0.25) is 4.79 Å². The number of hydrogen-bond acceptors (Lipinski definition) is 5. The van der Waals surface area contributed by atoms with Crippen LogP contribution in [0.3, 0.4) is 0 Å². The number of carbonyl (C=O) groups excluding carboxylic acids is 1. The van der Waals surface area contributed by atoms with E-state index in [1.807, 2.05) is 31.2 Å². The van der Waals surface area contributed by atoms with Crippen LogP contribution in [-0.2, 0) is 4.79 Å². The van der Waals surface area contributed by atoms with E-state index in [2.05, 4.69) is 22.3 Å². The summed E-state index contributed by atoms with van der Waals surface area (Å²) in [6.45, 7) is 3.70. The van der Waals surface area contributed by atoms with Gasteiger partial charge in [0.05, 0.1) is 11.1 Å². The highest BCUT2D eigenvalue weighted by molar-refractivity contribution is 6.01. The van der Waals surface area contributed by atoms with Gasteiger partial charge in [-0.05, 0) is 62.6 Å². The first-order chi connectivity index (χ1) is 15.4. The number of fused-ring (bicyclic) bond motifs is 1. The summed E-state index contributed by atoms with van der Waals surface area (Å²) in [6, 6.07) is 12.5. The minimum Gasteiger partial charge on any atom is -0.369 e. The molecule has 4 rings (SSSR count). The molecule has 6 heteroatoms. The van der Waals surface area contributed by atoms with Gasteiger partial charge >= 0.3 is 5.63 Å². The van der Waals surface area contributed by atoms with Crippen molar-refractivity contribution in [1.29, 1.82) is 0 Å². The third-order valence-corrected chi connectivity index (χ3v) is 6.11. The lowest BCUT2D eigenvalue weighted by Gasteiger charge is -2.33. The molecule has 0 radical (unpaired) electrons. The van der Waals surface area contributed by atoms with Crippen molar-refractivity contribution < 1.29 is 14.4 Å². The molecule has 1 amide bonds. The summed E-state index contributed by atoms with van der Waals surface area (Å²) in [7, 11) is 0. The van der Waals surface area contributed by atoms with Crippen LogP contribution in [0.25, 0.3) is 10.8 Å². The van der Waals surface area contributed by atoms with Crippen LogP contribution in [0.2, 0.25) is 0 Å². The summed E-state index contributed by atoms with van der Waals surface area (Å²) in [4.78, 5) is 25.2. The van der Waals surface area contributed by atoms with Gasteiger partial charge in [0.1, 0.15) is 0 Å². The summed E-state index contributed by atoms with van der Waals surface area (Å²) < 4.78 is 4.76. The number of aromatic nitrogens is 1. The molecule has 2 aromatic carbocycles. The van der Waals surface area contributed by atoms with Crippen molar-refractivity contribution in [2.24, 2.45) is 5.92 Å². The standard InChI is InChI=1S/C26H26N2O4/c1-17-7-6-8-19(15-17)13-14-26(31,20-9-4-3-5-10-20)25(30)27-21-11-12-22-23(16-21)18(2)28-32-24(22)29/h6-8,11-12,15-16,20,31H,3-5,9-10H2,1-2H3,(H,27,30). The summed E-state index contributed by atoms with van der Waals surface area (Å²) in [5.74, 6) is 5.11. The highest BCUT2D eigenvalue weighted by atomic mass is 16.5. The maximum absolute atomic E-state index is 13.4. The topological polar surface area (TPSA) is 92.4 Å². The third-order valence-electron chi connectivity index (χ3n) is 6.11. The lowest BCUT2D eigenvalue weighted by Crippen LogP contribution is -2.48. The minimum atomic E-state index is -1.82. The van der Waals surface area contributed by atoms with Crippen molar-refractivity contribution in [3.05, 3.63) is 69.7 Å². The largest absolute Gasteiger partial charge is 0.369 e. The predicted molar refractivity (Wildman–Crippen MR) is 123 cm³/mol. The first-order valence-corrected chi connectivity index (χ1v) is 10.9. The maximum atomic E-state index is 13.4. The zero-order chi connectivity index (χ0) is 22.7. The average Bonchev–Trinajstić information content (AvgIpc) is 2.80. The van der Waals surface area contributed by atoms with E-state index in [0.717, 1.165) is 43.2 Å². The predicted octanol–water partition coefficient (Wildman–Crippen LogP) is 4.11. The van der Waals surface area contributed by atoms with Gasteiger partial charge in [-0.2, -0.15) is 0 Å². The van der Waals surface area contributed by atoms with E-state index < -0.39 is 17.1 Å². The quantitative estimate of drug-likeness (QED) is 0.610. The van der Waals surface area contributed by atoms with Gasteiger partial charge in [-0.1, -0.05) is 48.4 Å². The number of carbonyl (C=O) groups is 1. The Kier molecular flexibility index (Phi) is 6.11. The van der Waals surface area contributed by atoms with Crippen LogP contribution in [0.1, 0.15) is 48.9 Å². The lowest BCUT2D eigenvalue weighted by atomic mass is 9.76. The second-order valence-electron chi connectivity index (χ2n) is 8.49. The first-order valence-electron chi connectivity index (χ1n) is 10.9. The molecule has 1 unspecified atom stereocenters. The van der Waals surface area contributed by atoms with Crippen LogP contribution in [0.4, 0.5) is 5.69 Å². The van der Waals surface area contributed by atoms with Crippen LogP contribution < -0.4 is 10.9 Å². The van der Waals surface area contributed by atoms with Crippen LogP contribution in [0, 0.1) is 31.6 Å². The van der Waals surface area contributed by atoms with Crippen molar-refractivity contribution in [3.63, 3.8) is 0 Å². The van der Waals surface area contributed by atoms with Gasteiger partial charge in [0, 0.05) is 22.6 Å². The highest BCUT2D eigenvalue weighted by Gasteiger charge is 2.43. The highest BCUT2D eigenvalue weighted by Crippen LogP contribution is 2.34. The van der Waals surface area contributed by atoms with E-state index in [1.54, 1.807) is 25.1 Å². The molecule has 1 atom stereocenters. The van der Waals surface area contributed by atoms with E-state index in [9.17, 15) is 14.7 Å². The van der Waals surface area contributed by atoms with Gasteiger partial charge in [0.15, 0.2) is 0 Å². The summed E-state index contributed by atoms with van der Waals surface area (Å²) in [6.07, 6.45) is 4.51. The van der Waals surface area contributed by atoms with Crippen molar-refractivity contribution in [3.8, 4) is 11.8 Å². The minimum absolute atomic E-state index is 0.246. The zero-order valence-electron chi connectivity index (χ0n) is 18.3. The van der Waals surface area contributed by atoms with Crippen LogP contribution in [0.15, 0.2) is 51.8 Å². The van der Waals surface area contributed by atoms with E-state index in [-0.39, 0.29) is 5.92 Å². The van der Waals surface area contributed by atoms with Crippen molar-refractivity contribution >= 4 is 22.4 Å². The summed E-state index contributed by atoms with van der Waals surface area (Å²) in [5.41, 5.74) is 0.466. The number of aliphatic hydroxyl groups is 1. The number of aryl methyl sites for hydroxylation is 2. The van der Waals surface area contributed by atoms with Crippen LogP contribution in [-0.4, -0.2) is 21.8 Å². The fourth-order valence-electron chi connectivity index (χ4n) is 4.29. The molecule has 1 heterocycles. The Morgan fingerprint density at radius 3 is 2.66 bits per heavy atom. The van der Waals surface area contributed by atoms with Gasteiger partial charge in [-0.25, -0.2) is 4.79 Å². The Balaban J connectivity index is 1.68. The van der Waals surface area contributed by atoms with Gasteiger partial charge < -0.3 is 14.9 Å². The number of amides is 1. The molecule has 2 N–H and O–H groups in total. The Bertz CT molecular complexity index is 1280. The van der Waals surface area contributed by atoms with Crippen LogP contribution in [0.5, 0.6) is 0 Å². The fraction of sp³-hybridized carbons (Fsp3) is 0.346. The Labute approximate surface area is 186 Å². The SMILES string of the molecule is Cc1cccc(C#CC(O)(C(=O)Nc2ccc3c(=O)onc(C)c3c2)C2CCCCC2)c1. The Hall–Kier alpha value is -3.43. The second-order valence-corrected chi connectivity index (χ2v) is 8.49. The van der Waals surface area contributed by atoms with Crippen molar-refractivity contribution in [2.75, 3.05) is 5.32 Å². The molecule has 6 nitrogen and oxygen atoms in total. The number of rotatable bonds is 3. The average molecular weight is 431 g/mol. The van der Waals surface area contributed by atoms with Gasteiger partial charge in [0.2, 0.25) is 5.60 Å². The normalized spacial score (nSPS) is 16.1. The van der Waals surface area contributed by atoms with Gasteiger partial charge in [0.25, 0.3) is 5.91 Å². The number of nitrogens with one attached hydrogen (secondary N) is 1. The fourth-order valence-corrected chi connectivity index (χ4v) is 4.29. The van der Waals surface area contributed by atoms with Gasteiger partial charge in [-0.15, -0.1) is 0 Å². The third kappa shape index (κ3) is 4.44. The van der Waals surface area contributed by atoms with E-state index in [4.69, 9.17) is 4.52 Å². The maximum Gasteiger partial charge on any atom is 0.366 e. The number of benzene rings is 2. The molecule has 0 spiro atoms. The molecular weight excluding hydrogens is 404 g/mol. The molecule has 0 aliphatic heterocycles. The molecule has 0 bridgehead atoms. The van der Waals surface area contributed by atoms with E-state index in [0.29, 0.717) is 22.2 Å². The monoisotopic (exact) mass is 430 g/mol. The molecule has 1 aromatic heterocycles. The van der Waals surface area contributed by atoms with Crippen molar-refractivity contribution in [1.82, 2.24) is 5.16 Å². The zero-order valence-corrected chi connectivity index (χ0v) is 18.3. The molecular formula is C26H26N2O4. The lowest BCUT2D eigenvalue weighted by molar-refractivity contribution is -0.134. The molecule has 32 heavy (non-hydrogen) atoms. The molecule has 1 aliphatic rings. The first kappa shape index (κ1) is 21.8. The molecule has 0 saturated heterocycles. The Morgan fingerprint density at radius 2 is 1.91 bits per heavy atom. The number of anilines is 1. The second kappa shape index (κ2) is 8.97. The summed E-state index contributed by atoms with van der Waals surface area (Å²) in [5, 5.41) is 19.1. The Morgan fingerprint density at radius 1 is 1.12 bits per heavy atom. The molecule has 164 valence electrons. The number of nitrogens with zero attached hydrogens (tertiary/aromatic N) is 1. The number of hydrogen-bond donors (Lipinski definition) is 2. The molecule has 1 saturated carbocycles. The molecule has 1 fully saturated rings. The van der Waals surface area contributed by atoms with Crippen LogP contribution >= 0.6 is 0 Å². The molecule has 1 aliphatic carbocycles. The summed E-state index contributed by atoms with van der Waals surface area (Å²) >= 11 is 0. The molecule has 3 aromatic rings. The van der Waals surface area contributed by atoms with E-state index >= 15 is 0 Å². The smallest absolute Gasteiger partial charge is 0.366 e.